The van der Waals surface area contributed by atoms with Gasteiger partial charge in [-0.25, -0.2) is 17.5 Å². The Morgan fingerprint density at radius 1 is 1.06 bits per heavy atom. The lowest BCUT2D eigenvalue weighted by Crippen LogP contribution is -2.22. The summed E-state index contributed by atoms with van der Waals surface area (Å²) < 4.78 is 42.1. The van der Waals surface area contributed by atoms with Gasteiger partial charge >= 0.3 is 5.97 Å². The van der Waals surface area contributed by atoms with Crippen LogP contribution in [-0.4, -0.2) is 37.9 Å². The number of hydrogen-bond donors (Lipinski definition) is 0. The van der Waals surface area contributed by atoms with Gasteiger partial charge in [0.25, 0.3) is 0 Å². The second kappa shape index (κ2) is 9.32. The van der Waals surface area contributed by atoms with Crippen LogP contribution in [0.2, 0.25) is 0 Å². The molecule has 164 valence electrons. The van der Waals surface area contributed by atoms with Crippen LogP contribution in [0.5, 0.6) is 5.75 Å². The number of carbonyl (C=O) groups is 1. The summed E-state index contributed by atoms with van der Waals surface area (Å²) in [6.07, 6.45) is 0. The van der Waals surface area contributed by atoms with Gasteiger partial charge in [0.1, 0.15) is 30.3 Å². The summed E-state index contributed by atoms with van der Waals surface area (Å²) in [7, 11) is -0.653. The Kier molecular flexibility index (Phi) is 6.77. The van der Waals surface area contributed by atoms with Crippen molar-refractivity contribution in [2.45, 2.75) is 32.0 Å². The van der Waals surface area contributed by atoms with Gasteiger partial charge in [0.2, 0.25) is 10.0 Å². The van der Waals surface area contributed by atoms with Gasteiger partial charge in [0.15, 0.2) is 0 Å². The first-order valence-electron chi connectivity index (χ1n) is 9.52. The first kappa shape index (κ1) is 22.5. The van der Waals surface area contributed by atoms with Crippen LogP contribution < -0.4 is 4.74 Å². The van der Waals surface area contributed by atoms with Crippen molar-refractivity contribution < 1.29 is 27.2 Å². The molecule has 1 aromatic heterocycles. The predicted octanol–water partition coefficient (Wildman–Crippen LogP) is 3.48. The number of carbonyl (C=O) groups excluding carboxylic acids is 1. The highest BCUT2D eigenvalue weighted by atomic mass is 32.2. The summed E-state index contributed by atoms with van der Waals surface area (Å²) in [6, 6.07) is 13.1. The third-order valence-corrected chi connectivity index (χ3v) is 6.52. The molecule has 0 aliphatic heterocycles. The van der Waals surface area contributed by atoms with Crippen LogP contribution in [0.15, 0.2) is 57.9 Å². The van der Waals surface area contributed by atoms with Gasteiger partial charge in [0.05, 0.1) is 16.2 Å². The standard InChI is InChI=1S/C22H24N2O6S/c1-15-20(16(2)30-23-15)14-28-21-11-6-5-10-19(21)22(25)29-13-17-8-7-9-18(12-17)31(26,27)24(3)4/h5-12H,13-14H2,1-4H3. The first-order valence-corrected chi connectivity index (χ1v) is 11.0. The summed E-state index contributed by atoms with van der Waals surface area (Å²) in [5, 5.41) is 3.89. The average Bonchev–Trinajstić information content (AvgIpc) is 3.08. The third kappa shape index (κ3) is 5.12. The largest absolute Gasteiger partial charge is 0.488 e. The lowest BCUT2D eigenvalue weighted by molar-refractivity contribution is 0.0467. The molecular formula is C22H24N2O6S. The first-order chi connectivity index (χ1) is 14.7. The molecule has 0 aliphatic carbocycles. The lowest BCUT2D eigenvalue weighted by Gasteiger charge is -2.13. The number of aromatic nitrogens is 1. The Labute approximate surface area is 181 Å². The number of rotatable bonds is 8. The maximum Gasteiger partial charge on any atom is 0.342 e. The Balaban J connectivity index is 1.71. The molecular weight excluding hydrogens is 420 g/mol. The second-order valence-electron chi connectivity index (χ2n) is 7.10. The molecule has 8 nitrogen and oxygen atoms in total. The molecule has 1 heterocycles. The van der Waals surface area contributed by atoms with Crippen LogP contribution in [-0.2, 0) is 28.0 Å². The van der Waals surface area contributed by atoms with E-state index in [1.54, 1.807) is 43.3 Å². The number of hydrogen-bond acceptors (Lipinski definition) is 7. The number of nitrogens with zero attached hydrogens (tertiary/aromatic N) is 2. The van der Waals surface area contributed by atoms with Crippen LogP contribution in [0.4, 0.5) is 0 Å². The van der Waals surface area contributed by atoms with Gasteiger partial charge in [0, 0.05) is 14.1 Å². The van der Waals surface area contributed by atoms with E-state index in [4.69, 9.17) is 14.0 Å². The zero-order valence-electron chi connectivity index (χ0n) is 17.8. The SMILES string of the molecule is Cc1noc(C)c1COc1ccccc1C(=O)OCc1cccc(S(=O)(=O)N(C)C)c1. The highest BCUT2D eigenvalue weighted by molar-refractivity contribution is 7.89. The minimum Gasteiger partial charge on any atom is -0.488 e. The maximum absolute atomic E-state index is 12.7. The summed E-state index contributed by atoms with van der Waals surface area (Å²) in [6.45, 7) is 3.74. The van der Waals surface area contributed by atoms with Crippen molar-refractivity contribution >= 4 is 16.0 Å². The van der Waals surface area contributed by atoms with Crippen LogP contribution in [0.1, 0.15) is 32.9 Å². The molecule has 3 rings (SSSR count). The van der Waals surface area contributed by atoms with E-state index in [9.17, 15) is 13.2 Å². The van der Waals surface area contributed by atoms with Crippen molar-refractivity contribution in [3.05, 3.63) is 76.7 Å². The molecule has 0 spiro atoms. The van der Waals surface area contributed by atoms with Gasteiger partial charge in [-0.2, -0.15) is 0 Å². The highest BCUT2D eigenvalue weighted by Gasteiger charge is 2.19. The number of aryl methyl sites for hydroxylation is 2. The van der Waals surface area contributed by atoms with Crippen LogP contribution in [0.3, 0.4) is 0 Å². The Bertz CT molecular complexity index is 1160. The van der Waals surface area contributed by atoms with Crippen molar-refractivity contribution in [3.8, 4) is 5.75 Å². The highest BCUT2D eigenvalue weighted by Crippen LogP contribution is 2.23. The van der Waals surface area contributed by atoms with E-state index in [2.05, 4.69) is 5.16 Å². The minimum absolute atomic E-state index is 0.0756. The molecule has 0 fully saturated rings. The molecule has 0 amide bonds. The molecule has 0 atom stereocenters. The van der Waals surface area contributed by atoms with E-state index < -0.39 is 16.0 Å². The second-order valence-corrected chi connectivity index (χ2v) is 9.25. The van der Waals surface area contributed by atoms with Crippen molar-refractivity contribution in [1.82, 2.24) is 9.46 Å². The minimum atomic E-state index is -3.57. The summed E-state index contributed by atoms with van der Waals surface area (Å²) >= 11 is 0. The zero-order valence-corrected chi connectivity index (χ0v) is 18.6. The predicted molar refractivity (Wildman–Crippen MR) is 113 cm³/mol. The van der Waals surface area contributed by atoms with Crippen LogP contribution in [0.25, 0.3) is 0 Å². The number of ether oxygens (including phenoxy) is 2. The van der Waals surface area contributed by atoms with E-state index in [1.807, 2.05) is 6.92 Å². The Hall–Kier alpha value is -3.17. The van der Waals surface area contributed by atoms with Gasteiger partial charge in [-0.3, -0.25) is 0 Å². The normalized spacial score (nSPS) is 11.5. The molecule has 0 bridgehead atoms. The van der Waals surface area contributed by atoms with Gasteiger partial charge in [-0.05, 0) is 43.7 Å². The van der Waals surface area contributed by atoms with E-state index >= 15 is 0 Å². The third-order valence-electron chi connectivity index (χ3n) is 4.71. The number of sulfonamides is 1. The van der Waals surface area contributed by atoms with Gasteiger partial charge in [-0.1, -0.05) is 29.4 Å². The number of para-hydroxylation sites is 1. The molecule has 3 aromatic rings. The van der Waals surface area contributed by atoms with Crippen LogP contribution in [0, 0.1) is 13.8 Å². The van der Waals surface area contributed by atoms with Gasteiger partial charge in [-0.15, -0.1) is 0 Å². The topological polar surface area (TPSA) is 98.9 Å². The molecule has 0 saturated heterocycles. The molecule has 9 heteroatoms. The smallest absolute Gasteiger partial charge is 0.342 e. The molecule has 0 N–H and O–H groups in total. The quantitative estimate of drug-likeness (QED) is 0.491. The maximum atomic E-state index is 12.7. The van der Waals surface area contributed by atoms with Crippen molar-refractivity contribution in [2.24, 2.45) is 0 Å². The number of esters is 1. The number of benzene rings is 2. The van der Waals surface area contributed by atoms with Gasteiger partial charge < -0.3 is 14.0 Å². The lowest BCUT2D eigenvalue weighted by atomic mass is 10.2. The fraction of sp³-hybridized carbons (Fsp3) is 0.273. The molecule has 0 unspecified atom stereocenters. The molecule has 31 heavy (non-hydrogen) atoms. The van der Waals surface area contributed by atoms with E-state index in [0.717, 1.165) is 15.6 Å². The fourth-order valence-electron chi connectivity index (χ4n) is 2.85. The van der Waals surface area contributed by atoms with E-state index in [-0.39, 0.29) is 23.7 Å². The Morgan fingerprint density at radius 2 is 1.81 bits per heavy atom. The van der Waals surface area contributed by atoms with E-state index in [0.29, 0.717) is 17.1 Å². The fourth-order valence-corrected chi connectivity index (χ4v) is 3.82. The Morgan fingerprint density at radius 3 is 2.48 bits per heavy atom. The summed E-state index contributed by atoms with van der Waals surface area (Å²) in [5.74, 6) is 0.455. The van der Waals surface area contributed by atoms with Crippen molar-refractivity contribution in [1.29, 1.82) is 0 Å². The summed E-state index contributed by atoms with van der Waals surface area (Å²) in [4.78, 5) is 12.8. The van der Waals surface area contributed by atoms with Crippen molar-refractivity contribution in [2.75, 3.05) is 14.1 Å². The molecule has 0 saturated carbocycles. The monoisotopic (exact) mass is 444 g/mol. The molecule has 0 radical (unpaired) electrons. The van der Waals surface area contributed by atoms with Crippen molar-refractivity contribution in [3.63, 3.8) is 0 Å². The molecule has 0 aliphatic rings. The zero-order chi connectivity index (χ0) is 22.6. The van der Waals surface area contributed by atoms with Crippen LogP contribution >= 0.6 is 0 Å². The summed E-state index contributed by atoms with van der Waals surface area (Å²) in [5.41, 5.74) is 2.38. The average molecular weight is 445 g/mol. The van der Waals surface area contributed by atoms with E-state index in [1.165, 1.54) is 26.2 Å². The molecule has 2 aromatic carbocycles.